The number of hydrogen-bond donors (Lipinski definition) is 3. The molecule has 0 saturated carbocycles. The van der Waals surface area contributed by atoms with Crippen LogP contribution in [0, 0.1) is 0 Å². The quantitative estimate of drug-likeness (QED) is 0.716. The SMILES string of the molecule is CSc1c(N2CCC(NC(C)=O)C2)sc(C(N)=O)c1N. The molecule has 8 heteroatoms. The van der Waals surface area contributed by atoms with Crippen molar-refractivity contribution in [1.29, 1.82) is 0 Å². The lowest BCUT2D eigenvalue weighted by Crippen LogP contribution is -2.35. The van der Waals surface area contributed by atoms with Crippen molar-refractivity contribution in [3.8, 4) is 0 Å². The minimum absolute atomic E-state index is 0.0227. The van der Waals surface area contributed by atoms with Crippen LogP contribution in [-0.4, -0.2) is 37.2 Å². The number of thiophene rings is 1. The third kappa shape index (κ3) is 2.85. The van der Waals surface area contributed by atoms with E-state index in [0.717, 1.165) is 29.4 Å². The Hall–Kier alpha value is -1.41. The summed E-state index contributed by atoms with van der Waals surface area (Å²) < 4.78 is 0. The lowest BCUT2D eigenvalue weighted by Gasteiger charge is -2.18. The van der Waals surface area contributed by atoms with Gasteiger partial charge in [0.05, 0.1) is 10.6 Å². The van der Waals surface area contributed by atoms with Gasteiger partial charge in [0.2, 0.25) is 5.91 Å². The van der Waals surface area contributed by atoms with Crippen molar-refractivity contribution >= 4 is 45.6 Å². The molecule has 110 valence electrons. The molecule has 0 bridgehead atoms. The topological polar surface area (TPSA) is 101 Å². The van der Waals surface area contributed by atoms with Crippen LogP contribution in [0.5, 0.6) is 0 Å². The predicted molar refractivity (Wildman–Crippen MR) is 83.5 cm³/mol. The average Bonchev–Trinajstić information content (AvgIpc) is 2.92. The van der Waals surface area contributed by atoms with E-state index in [1.54, 1.807) is 0 Å². The maximum Gasteiger partial charge on any atom is 0.261 e. The Morgan fingerprint density at radius 2 is 2.20 bits per heavy atom. The summed E-state index contributed by atoms with van der Waals surface area (Å²) in [4.78, 5) is 26.0. The van der Waals surface area contributed by atoms with E-state index in [1.807, 2.05) is 6.26 Å². The number of carbonyl (C=O) groups excluding carboxylic acids is 2. The molecular weight excluding hydrogens is 296 g/mol. The maximum absolute atomic E-state index is 11.4. The van der Waals surface area contributed by atoms with Gasteiger partial charge in [0.15, 0.2) is 0 Å². The molecule has 0 aliphatic carbocycles. The van der Waals surface area contributed by atoms with Crippen LogP contribution in [0.4, 0.5) is 10.7 Å². The lowest BCUT2D eigenvalue weighted by atomic mass is 10.3. The second-order valence-electron chi connectivity index (χ2n) is 4.68. The average molecular weight is 314 g/mol. The Labute approximate surface area is 125 Å². The van der Waals surface area contributed by atoms with E-state index in [1.165, 1.54) is 30.0 Å². The van der Waals surface area contributed by atoms with Crippen molar-refractivity contribution in [3.63, 3.8) is 0 Å². The Bertz CT molecular complexity index is 544. The molecule has 0 radical (unpaired) electrons. The van der Waals surface area contributed by atoms with Crippen LogP contribution in [0.25, 0.3) is 0 Å². The van der Waals surface area contributed by atoms with Gasteiger partial charge >= 0.3 is 0 Å². The van der Waals surface area contributed by atoms with Gasteiger partial charge in [-0.3, -0.25) is 9.59 Å². The van der Waals surface area contributed by atoms with Crippen molar-refractivity contribution in [1.82, 2.24) is 5.32 Å². The summed E-state index contributed by atoms with van der Waals surface area (Å²) in [6.07, 6.45) is 2.81. The predicted octanol–water partition coefficient (Wildman–Crippen LogP) is 0.866. The van der Waals surface area contributed by atoms with E-state index in [2.05, 4.69) is 10.2 Å². The zero-order valence-corrected chi connectivity index (χ0v) is 13.1. The van der Waals surface area contributed by atoms with E-state index in [4.69, 9.17) is 11.5 Å². The van der Waals surface area contributed by atoms with E-state index in [0.29, 0.717) is 10.6 Å². The molecule has 1 saturated heterocycles. The first-order valence-electron chi connectivity index (χ1n) is 6.22. The van der Waals surface area contributed by atoms with Crippen LogP contribution in [0.3, 0.4) is 0 Å². The molecule has 1 aromatic heterocycles. The first-order chi connectivity index (χ1) is 9.43. The highest BCUT2D eigenvalue weighted by Crippen LogP contribution is 2.44. The van der Waals surface area contributed by atoms with Crippen LogP contribution >= 0.6 is 23.1 Å². The number of thioether (sulfide) groups is 1. The van der Waals surface area contributed by atoms with Crippen molar-refractivity contribution in [2.75, 3.05) is 30.0 Å². The van der Waals surface area contributed by atoms with Crippen molar-refractivity contribution in [2.45, 2.75) is 24.3 Å². The fraction of sp³-hybridized carbons (Fsp3) is 0.500. The van der Waals surface area contributed by atoms with E-state index >= 15 is 0 Å². The summed E-state index contributed by atoms with van der Waals surface area (Å²) in [5.74, 6) is -0.517. The summed E-state index contributed by atoms with van der Waals surface area (Å²) in [5, 5.41) is 3.89. The van der Waals surface area contributed by atoms with Gasteiger partial charge in [-0.05, 0) is 12.7 Å². The zero-order chi connectivity index (χ0) is 14.9. The standard InChI is InChI=1S/C12H18N4O2S2/c1-6(17)15-7-3-4-16(5-7)12-10(19-2)8(13)9(20-12)11(14)18/h7H,3-5,13H2,1-2H3,(H2,14,18)(H,15,17). The number of primary amides is 1. The molecule has 1 aliphatic heterocycles. The molecule has 0 aromatic carbocycles. The molecule has 2 amide bonds. The number of nitrogen functional groups attached to an aromatic ring is 1. The Kier molecular flexibility index (Phi) is 4.44. The van der Waals surface area contributed by atoms with Gasteiger partial charge in [0.1, 0.15) is 9.88 Å². The van der Waals surface area contributed by atoms with Crippen LogP contribution in [0.15, 0.2) is 4.90 Å². The fourth-order valence-electron chi connectivity index (χ4n) is 2.35. The molecule has 6 nitrogen and oxygen atoms in total. The second-order valence-corrected chi connectivity index (χ2v) is 6.50. The number of nitrogens with one attached hydrogen (secondary N) is 1. The van der Waals surface area contributed by atoms with Crippen molar-refractivity contribution in [2.24, 2.45) is 5.73 Å². The first kappa shape index (κ1) is 15.0. The normalized spacial score (nSPS) is 18.3. The number of hydrogen-bond acceptors (Lipinski definition) is 6. The highest BCUT2D eigenvalue weighted by molar-refractivity contribution is 7.99. The molecule has 1 aromatic rings. The molecule has 5 N–H and O–H groups in total. The molecule has 1 unspecified atom stereocenters. The van der Waals surface area contributed by atoms with Gasteiger partial charge in [0.25, 0.3) is 5.91 Å². The number of anilines is 2. The number of amides is 2. The van der Waals surface area contributed by atoms with E-state index < -0.39 is 5.91 Å². The number of nitrogens with zero attached hydrogens (tertiary/aromatic N) is 1. The van der Waals surface area contributed by atoms with Crippen LogP contribution < -0.4 is 21.7 Å². The highest BCUT2D eigenvalue weighted by Gasteiger charge is 2.28. The fourth-order valence-corrected chi connectivity index (χ4v) is 4.42. The molecule has 1 atom stereocenters. The van der Waals surface area contributed by atoms with Crippen LogP contribution in [0.1, 0.15) is 23.0 Å². The maximum atomic E-state index is 11.4. The summed E-state index contributed by atoms with van der Waals surface area (Å²) >= 11 is 2.84. The van der Waals surface area contributed by atoms with Gasteiger partial charge in [-0.25, -0.2) is 0 Å². The number of carbonyl (C=O) groups is 2. The van der Waals surface area contributed by atoms with Crippen molar-refractivity contribution < 1.29 is 9.59 Å². The number of rotatable bonds is 4. The summed E-state index contributed by atoms with van der Waals surface area (Å²) in [6.45, 7) is 3.08. The first-order valence-corrected chi connectivity index (χ1v) is 8.26. The Morgan fingerprint density at radius 3 is 2.75 bits per heavy atom. The molecular formula is C12H18N4O2S2. The second kappa shape index (κ2) is 5.92. The highest BCUT2D eigenvalue weighted by atomic mass is 32.2. The zero-order valence-electron chi connectivity index (χ0n) is 11.4. The van der Waals surface area contributed by atoms with Gasteiger partial charge in [-0.1, -0.05) is 0 Å². The Morgan fingerprint density at radius 1 is 1.50 bits per heavy atom. The molecule has 1 fully saturated rings. The van der Waals surface area contributed by atoms with Gasteiger partial charge in [-0.2, -0.15) is 0 Å². The third-order valence-corrected chi connectivity index (χ3v) is 5.42. The summed E-state index contributed by atoms with van der Waals surface area (Å²) in [5.41, 5.74) is 11.8. The van der Waals surface area contributed by atoms with Gasteiger partial charge in [0, 0.05) is 26.1 Å². The van der Waals surface area contributed by atoms with Gasteiger partial charge in [-0.15, -0.1) is 23.1 Å². The Balaban J connectivity index is 2.23. The van der Waals surface area contributed by atoms with E-state index in [9.17, 15) is 9.59 Å². The minimum Gasteiger partial charge on any atom is -0.396 e. The molecule has 2 rings (SSSR count). The minimum atomic E-state index is -0.494. The monoisotopic (exact) mass is 314 g/mol. The number of nitrogens with two attached hydrogens (primary N) is 2. The summed E-state index contributed by atoms with van der Waals surface area (Å²) in [6, 6.07) is 0.141. The smallest absolute Gasteiger partial charge is 0.261 e. The molecule has 2 heterocycles. The third-order valence-electron chi connectivity index (χ3n) is 3.19. The van der Waals surface area contributed by atoms with Crippen molar-refractivity contribution in [3.05, 3.63) is 4.88 Å². The lowest BCUT2D eigenvalue weighted by molar-refractivity contribution is -0.119. The molecule has 1 aliphatic rings. The molecule has 20 heavy (non-hydrogen) atoms. The van der Waals surface area contributed by atoms with Gasteiger partial charge < -0.3 is 21.7 Å². The van der Waals surface area contributed by atoms with Crippen LogP contribution in [-0.2, 0) is 4.79 Å². The molecule has 0 spiro atoms. The van der Waals surface area contributed by atoms with Crippen LogP contribution in [0.2, 0.25) is 0 Å². The van der Waals surface area contributed by atoms with E-state index in [-0.39, 0.29) is 11.9 Å². The summed E-state index contributed by atoms with van der Waals surface area (Å²) in [7, 11) is 0. The largest absolute Gasteiger partial charge is 0.396 e.